The lowest BCUT2D eigenvalue weighted by atomic mass is 10.3. The molecule has 1 rings (SSSR count). The van der Waals surface area contributed by atoms with E-state index in [1.807, 2.05) is 0 Å². The second-order valence-corrected chi connectivity index (χ2v) is 7.39. The van der Waals surface area contributed by atoms with Crippen molar-refractivity contribution in [3.8, 4) is 0 Å². The van der Waals surface area contributed by atoms with E-state index in [9.17, 15) is 13.2 Å². The third kappa shape index (κ3) is 4.44. The Morgan fingerprint density at radius 2 is 2.10 bits per heavy atom. The Kier molecular flexibility index (Phi) is 6.44. The molecule has 0 fully saturated rings. The van der Waals surface area contributed by atoms with E-state index >= 15 is 0 Å². The van der Waals surface area contributed by atoms with Gasteiger partial charge in [0.2, 0.25) is 10.0 Å². The van der Waals surface area contributed by atoms with Crippen molar-refractivity contribution < 1.29 is 17.9 Å². The quantitative estimate of drug-likeness (QED) is 0.707. The summed E-state index contributed by atoms with van der Waals surface area (Å²) in [4.78, 5) is 11.1. The van der Waals surface area contributed by atoms with Gasteiger partial charge in [-0.2, -0.15) is 0 Å². The number of benzene rings is 1. The molecule has 0 unspecified atom stereocenters. The maximum absolute atomic E-state index is 12.3. The molecule has 0 radical (unpaired) electrons. The van der Waals surface area contributed by atoms with Crippen LogP contribution >= 0.6 is 27.5 Å². The smallest absolute Gasteiger partial charge is 0.305 e. The summed E-state index contributed by atoms with van der Waals surface area (Å²) in [7, 11) is -0.823. The first-order chi connectivity index (χ1) is 9.28. The average Bonchev–Trinajstić information content (AvgIpc) is 2.41. The highest BCUT2D eigenvalue weighted by atomic mass is 79.9. The third-order valence-corrected chi connectivity index (χ3v) is 5.75. The normalized spacial score (nSPS) is 11.7. The molecule has 0 saturated carbocycles. The van der Waals surface area contributed by atoms with Crippen molar-refractivity contribution in [3.05, 3.63) is 27.7 Å². The minimum atomic E-state index is -3.59. The van der Waals surface area contributed by atoms with Crippen molar-refractivity contribution in [2.75, 3.05) is 20.7 Å². The summed E-state index contributed by atoms with van der Waals surface area (Å²) in [6.07, 6.45) is 0.581. The average molecular weight is 385 g/mol. The zero-order chi connectivity index (χ0) is 15.3. The Labute approximate surface area is 132 Å². The summed E-state index contributed by atoms with van der Waals surface area (Å²) in [6.45, 7) is 0.234. The Morgan fingerprint density at radius 1 is 1.45 bits per heavy atom. The molecule has 0 aromatic heterocycles. The highest BCUT2D eigenvalue weighted by Crippen LogP contribution is 2.26. The summed E-state index contributed by atoms with van der Waals surface area (Å²) in [5.41, 5.74) is 0. The first-order valence-electron chi connectivity index (χ1n) is 5.77. The molecule has 0 aliphatic rings. The Morgan fingerprint density at radius 3 is 2.65 bits per heavy atom. The third-order valence-electron chi connectivity index (χ3n) is 2.68. The number of nitrogens with zero attached hydrogens (tertiary/aromatic N) is 1. The van der Waals surface area contributed by atoms with Crippen molar-refractivity contribution in [2.24, 2.45) is 0 Å². The molecule has 20 heavy (non-hydrogen) atoms. The molecule has 0 heterocycles. The first kappa shape index (κ1) is 17.4. The van der Waals surface area contributed by atoms with Crippen LogP contribution in [0.5, 0.6) is 0 Å². The molecule has 8 heteroatoms. The Hall–Kier alpha value is -0.630. The molecular formula is C12H15BrClNO4S. The van der Waals surface area contributed by atoms with Gasteiger partial charge < -0.3 is 4.74 Å². The van der Waals surface area contributed by atoms with E-state index < -0.39 is 10.0 Å². The number of hydrogen-bond donors (Lipinski definition) is 0. The summed E-state index contributed by atoms with van der Waals surface area (Å²) in [5, 5.41) is 0.442. The molecule has 0 atom stereocenters. The van der Waals surface area contributed by atoms with Gasteiger partial charge in [0, 0.05) is 24.5 Å². The van der Waals surface area contributed by atoms with Crippen molar-refractivity contribution in [1.82, 2.24) is 4.31 Å². The maximum atomic E-state index is 12.3. The molecule has 5 nitrogen and oxygen atoms in total. The number of sulfonamides is 1. The fourth-order valence-corrected chi connectivity index (χ4v) is 3.37. The molecule has 0 bridgehead atoms. The van der Waals surface area contributed by atoms with Crippen LogP contribution in [0.3, 0.4) is 0 Å². The van der Waals surface area contributed by atoms with Crippen LogP contribution in [0.15, 0.2) is 27.6 Å². The predicted molar refractivity (Wildman–Crippen MR) is 80.2 cm³/mol. The van der Waals surface area contributed by atoms with Gasteiger partial charge in [-0.1, -0.05) is 11.6 Å². The van der Waals surface area contributed by atoms with Gasteiger partial charge in [-0.15, -0.1) is 0 Å². The van der Waals surface area contributed by atoms with Crippen LogP contribution in [0.4, 0.5) is 0 Å². The number of esters is 1. The summed E-state index contributed by atoms with van der Waals surface area (Å²) in [5.74, 6) is -0.356. The number of carbonyl (C=O) groups excluding carboxylic acids is 1. The van der Waals surface area contributed by atoms with E-state index in [1.54, 1.807) is 0 Å². The molecule has 0 aliphatic carbocycles. The maximum Gasteiger partial charge on any atom is 0.305 e. The first-order valence-corrected chi connectivity index (χ1v) is 8.38. The predicted octanol–water partition coefficient (Wildman–Crippen LogP) is 2.68. The van der Waals surface area contributed by atoms with E-state index in [2.05, 4.69) is 20.7 Å². The molecule has 0 spiro atoms. The lowest BCUT2D eigenvalue weighted by molar-refractivity contribution is -0.140. The highest BCUT2D eigenvalue weighted by Gasteiger charge is 2.21. The van der Waals surface area contributed by atoms with E-state index in [1.165, 1.54) is 36.7 Å². The number of hydrogen-bond acceptors (Lipinski definition) is 4. The van der Waals surface area contributed by atoms with Crippen molar-refractivity contribution >= 4 is 43.5 Å². The van der Waals surface area contributed by atoms with Gasteiger partial charge in [0.15, 0.2) is 0 Å². The van der Waals surface area contributed by atoms with Crippen LogP contribution in [-0.4, -0.2) is 39.4 Å². The molecule has 1 aromatic rings. The van der Waals surface area contributed by atoms with E-state index in [0.717, 1.165) is 0 Å². The summed E-state index contributed by atoms with van der Waals surface area (Å²) < 4.78 is 30.8. The molecule has 112 valence electrons. The highest BCUT2D eigenvalue weighted by molar-refractivity contribution is 9.10. The fourth-order valence-electron chi connectivity index (χ4n) is 1.49. The van der Waals surface area contributed by atoms with Gasteiger partial charge in [0.1, 0.15) is 0 Å². The monoisotopic (exact) mass is 383 g/mol. The van der Waals surface area contributed by atoms with Crippen LogP contribution < -0.4 is 0 Å². The number of ether oxygens (including phenoxy) is 1. The van der Waals surface area contributed by atoms with Crippen molar-refractivity contribution in [3.63, 3.8) is 0 Å². The molecule has 0 saturated heterocycles. The zero-order valence-electron chi connectivity index (χ0n) is 11.1. The van der Waals surface area contributed by atoms with Gasteiger partial charge in [-0.3, -0.25) is 4.79 Å². The van der Waals surface area contributed by atoms with Crippen molar-refractivity contribution in [1.29, 1.82) is 0 Å². The van der Waals surface area contributed by atoms with Crippen LogP contribution in [0.2, 0.25) is 5.02 Å². The van der Waals surface area contributed by atoms with Crippen LogP contribution in [0.1, 0.15) is 12.8 Å². The van der Waals surface area contributed by atoms with Crippen molar-refractivity contribution in [2.45, 2.75) is 17.7 Å². The lowest BCUT2D eigenvalue weighted by Gasteiger charge is -2.17. The largest absolute Gasteiger partial charge is 0.469 e. The Balaban J connectivity index is 2.77. The standard InChI is InChI=1S/C12H15BrClNO4S/c1-15(7-3-4-12(16)19-2)20(17,18)9-5-6-11(14)10(13)8-9/h5-6,8H,3-4,7H2,1-2H3. The number of rotatable bonds is 6. The van der Waals surface area contributed by atoms with E-state index in [4.69, 9.17) is 11.6 Å². The molecule has 0 aliphatic heterocycles. The Bertz CT molecular complexity index is 591. The number of halogens is 2. The van der Waals surface area contributed by atoms with Crippen LogP contribution in [0.25, 0.3) is 0 Å². The van der Waals surface area contributed by atoms with E-state index in [0.29, 0.717) is 15.9 Å². The topological polar surface area (TPSA) is 63.7 Å². The number of carbonyl (C=O) groups is 1. The minimum Gasteiger partial charge on any atom is -0.469 e. The summed E-state index contributed by atoms with van der Waals surface area (Å²) in [6, 6.07) is 4.41. The molecule has 0 N–H and O–H groups in total. The van der Waals surface area contributed by atoms with Gasteiger partial charge in [-0.25, -0.2) is 12.7 Å². The van der Waals surface area contributed by atoms with Crippen LogP contribution in [-0.2, 0) is 19.6 Å². The second kappa shape index (κ2) is 7.40. The SMILES string of the molecule is COC(=O)CCCN(C)S(=O)(=O)c1ccc(Cl)c(Br)c1. The van der Waals surface area contributed by atoms with Crippen LogP contribution in [0, 0.1) is 0 Å². The second-order valence-electron chi connectivity index (χ2n) is 4.08. The lowest BCUT2D eigenvalue weighted by Crippen LogP contribution is -2.28. The van der Waals surface area contributed by atoms with Gasteiger partial charge in [0.25, 0.3) is 0 Å². The fraction of sp³-hybridized carbons (Fsp3) is 0.417. The molecule has 0 amide bonds. The van der Waals surface area contributed by atoms with Gasteiger partial charge in [0.05, 0.1) is 17.0 Å². The van der Waals surface area contributed by atoms with Gasteiger partial charge in [-0.05, 0) is 40.5 Å². The molecule has 1 aromatic carbocycles. The van der Waals surface area contributed by atoms with Gasteiger partial charge >= 0.3 is 5.97 Å². The zero-order valence-corrected chi connectivity index (χ0v) is 14.3. The number of methoxy groups -OCH3 is 1. The molecular weight excluding hydrogens is 370 g/mol. The minimum absolute atomic E-state index is 0.148. The van der Waals surface area contributed by atoms with E-state index in [-0.39, 0.29) is 23.8 Å². The summed E-state index contributed by atoms with van der Waals surface area (Å²) >= 11 is 9.03.